The van der Waals surface area contributed by atoms with Crippen LogP contribution in [0.2, 0.25) is 0 Å². The van der Waals surface area contributed by atoms with Crippen LogP contribution in [0.25, 0.3) is 0 Å². The molecule has 1 aromatic heterocycles. The van der Waals surface area contributed by atoms with Gasteiger partial charge in [-0.25, -0.2) is 0 Å². The van der Waals surface area contributed by atoms with Crippen molar-refractivity contribution in [1.29, 1.82) is 0 Å². The molecule has 0 bridgehead atoms. The minimum atomic E-state index is -0.838. The number of carbonyl (C=O) groups is 2. The summed E-state index contributed by atoms with van der Waals surface area (Å²) < 4.78 is 0.875. The molecule has 0 radical (unpaired) electrons. The highest BCUT2D eigenvalue weighted by Gasteiger charge is 2.40. The predicted octanol–water partition coefficient (Wildman–Crippen LogP) is 2.50. The molecule has 2 atom stereocenters. The molecule has 0 spiro atoms. The van der Waals surface area contributed by atoms with Gasteiger partial charge >= 0.3 is 5.97 Å². The first-order valence-electron chi connectivity index (χ1n) is 5.23. The fourth-order valence-corrected chi connectivity index (χ4v) is 3.99. The van der Waals surface area contributed by atoms with Crippen LogP contribution in [0.5, 0.6) is 0 Å². The second-order valence-corrected chi connectivity index (χ2v) is 5.87. The predicted molar refractivity (Wildman–Crippen MR) is 67.9 cm³/mol. The van der Waals surface area contributed by atoms with Gasteiger partial charge in [0.25, 0.3) is 0 Å². The molecular formula is C11H12BrNO3S. The summed E-state index contributed by atoms with van der Waals surface area (Å²) in [7, 11) is 1.67. The molecule has 2 unspecified atom stereocenters. The van der Waals surface area contributed by atoms with Gasteiger partial charge in [-0.05, 0) is 33.8 Å². The van der Waals surface area contributed by atoms with Crippen LogP contribution in [0.3, 0.4) is 0 Å². The molecule has 0 aliphatic carbocycles. The Morgan fingerprint density at radius 3 is 2.88 bits per heavy atom. The Morgan fingerprint density at radius 2 is 2.35 bits per heavy atom. The van der Waals surface area contributed by atoms with Gasteiger partial charge in [0.2, 0.25) is 5.91 Å². The quantitative estimate of drug-likeness (QED) is 0.911. The standard InChI is InChI=1S/C11H12BrNO3S/c1-13-8(14)3-2-6(11(15)16)9(13)10-7(12)4-5-17-10/h4-6,9H,2-3H2,1H3,(H,15,16). The van der Waals surface area contributed by atoms with E-state index in [0.717, 1.165) is 9.35 Å². The maximum atomic E-state index is 11.7. The third-order valence-electron chi connectivity index (χ3n) is 3.09. The fraction of sp³-hybridized carbons (Fsp3) is 0.455. The van der Waals surface area contributed by atoms with Gasteiger partial charge in [-0.1, -0.05) is 0 Å². The molecule has 1 amide bonds. The first-order chi connectivity index (χ1) is 8.02. The van der Waals surface area contributed by atoms with Crippen LogP contribution in [-0.2, 0) is 9.59 Å². The normalized spacial score (nSPS) is 25.1. The van der Waals surface area contributed by atoms with Crippen molar-refractivity contribution in [3.63, 3.8) is 0 Å². The summed E-state index contributed by atoms with van der Waals surface area (Å²) in [6.07, 6.45) is 0.723. The summed E-state index contributed by atoms with van der Waals surface area (Å²) in [5, 5.41) is 11.1. The van der Waals surface area contributed by atoms with E-state index >= 15 is 0 Å². The molecule has 1 saturated heterocycles. The van der Waals surface area contributed by atoms with Gasteiger partial charge in [0.1, 0.15) is 0 Å². The van der Waals surface area contributed by atoms with Crippen LogP contribution in [0.4, 0.5) is 0 Å². The van der Waals surface area contributed by atoms with Crippen LogP contribution < -0.4 is 0 Å². The molecule has 0 saturated carbocycles. The summed E-state index contributed by atoms with van der Waals surface area (Å²) in [5.74, 6) is -1.35. The molecule has 17 heavy (non-hydrogen) atoms. The van der Waals surface area contributed by atoms with Crippen molar-refractivity contribution in [2.75, 3.05) is 7.05 Å². The van der Waals surface area contributed by atoms with Gasteiger partial charge in [-0.2, -0.15) is 0 Å². The maximum absolute atomic E-state index is 11.7. The van der Waals surface area contributed by atoms with Crippen molar-refractivity contribution < 1.29 is 14.7 Å². The number of halogens is 1. The van der Waals surface area contributed by atoms with Gasteiger partial charge in [0, 0.05) is 22.8 Å². The zero-order chi connectivity index (χ0) is 12.6. The largest absolute Gasteiger partial charge is 0.481 e. The van der Waals surface area contributed by atoms with E-state index in [2.05, 4.69) is 15.9 Å². The van der Waals surface area contributed by atoms with Gasteiger partial charge in [0.15, 0.2) is 0 Å². The van der Waals surface area contributed by atoms with E-state index in [9.17, 15) is 14.7 Å². The van der Waals surface area contributed by atoms with Crippen LogP contribution in [0, 0.1) is 5.92 Å². The van der Waals surface area contributed by atoms with Crippen molar-refractivity contribution in [2.24, 2.45) is 5.92 Å². The summed E-state index contributed by atoms with van der Waals surface area (Å²) in [5.41, 5.74) is 0. The summed E-state index contributed by atoms with van der Waals surface area (Å²) in [6, 6.07) is 1.52. The summed E-state index contributed by atoms with van der Waals surface area (Å²) >= 11 is 4.88. The Hall–Kier alpha value is -0.880. The molecule has 1 aliphatic heterocycles. The van der Waals surface area contributed by atoms with Gasteiger partial charge in [-0.15, -0.1) is 11.3 Å². The third-order valence-corrected chi connectivity index (χ3v) is 5.03. The molecule has 6 heteroatoms. The average Bonchev–Trinajstić information content (AvgIpc) is 2.68. The molecule has 0 aromatic carbocycles. The van der Waals surface area contributed by atoms with Crippen molar-refractivity contribution >= 4 is 39.1 Å². The van der Waals surface area contributed by atoms with E-state index < -0.39 is 11.9 Å². The number of aliphatic carboxylic acids is 1. The Kier molecular flexibility index (Phi) is 3.53. The summed E-state index contributed by atoms with van der Waals surface area (Å²) in [4.78, 5) is 25.4. The smallest absolute Gasteiger partial charge is 0.308 e. The molecule has 1 aliphatic rings. The number of rotatable bonds is 2. The minimum absolute atomic E-state index is 0.00722. The zero-order valence-electron chi connectivity index (χ0n) is 9.22. The topological polar surface area (TPSA) is 57.6 Å². The molecule has 1 N–H and O–H groups in total. The zero-order valence-corrected chi connectivity index (χ0v) is 11.6. The van der Waals surface area contributed by atoms with E-state index in [1.165, 1.54) is 11.3 Å². The Labute approximate surface area is 111 Å². The number of hydrogen-bond donors (Lipinski definition) is 1. The van der Waals surface area contributed by atoms with Crippen LogP contribution in [-0.4, -0.2) is 28.9 Å². The van der Waals surface area contributed by atoms with Crippen LogP contribution >= 0.6 is 27.3 Å². The number of carboxylic acids is 1. The van der Waals surface area contributed by atoms with Crippen molar-refractivity contribution in [2.45, 2.75) is 18.9 Å². The number of nitrogens with zero attached hydrogens (tertiary/aromatic N) is 1. The molecule has 1 aromatic rings. The number of thiophene rings is 1. The lowest BCUT2D eigenvalue weighted by molar-refractivity contribution is -0.150. The molecule has 4 nitrogen and oxygen atoms in total. The highest BCUT2D eigenvalue weighted by Crippen LogP contribution is 2.41. The number of likely N-dealkylation sites (tertiary alicyclic amines) is 1. The number of carboxylic acid groups (broad SMARTS) is 1. The lowest BCUT2D eigenvalue weighted by atomic mass is 9.88. The lowest BCUT2D eigenvalue weighted by Gasteiger charge is -2.36. The summed E-state index contributed by atoms with van der Waals surface area (Å²) in [6.45, 7) is 0. The maximum Gasteiger partial charge on any atom is 0.308 e. The van der Waals surface area contributed by atoms with E-state index in [0.29, 0.717) is 12.8 Å². The number of piperidine rings is 1. The SMILES string of the molecule is CN1C(=O)CCC(C(=O)O)C1c1sccc1Br. The van der Waals surface area contributed by atoms with Gasteiger partial charge < -0.3 is 10.0 Å². The lowest BCUT2D eigenvalue weighted by Crippen LogP contribution is -2.42. The molecule has 2 rings (SSSR count). The van der Waals surface area contributed by atoms with E-state index in [1.54, 1.807) is 11.9 Å². The third kappa shape index (κ3) is 2.24. The Bertz CT molecular complexity index is 459. The molecular weight excluding hydrogens is 306 g/mol. The Balaban J connectivity index is 2.40. The van der Waals surface area contributed by atoms with Crippen molar-refractivity contribution in [1.82, 2.24) is 4.90 Å². The highest BCUT2D eigenvalue weighted by molar-refractivity contribution is 9.10. The fourth-order valence-electron chi connectivity index (χ4n) is 2.17. The number of amides is 1. The van der Waals surface area contributed by atoms with Gasteiger partial charge in [-0.3, -0.25) is 9.59 Å². The first kappa shape index (κ1) is 12.6. The van der Waals surface area contributed by atoms with Crippen LogP contribution in [0.15, 0.2) is 15.9 Å². The second-order valence-electron chi connectivity index (χ2n) is 4.07. The Morgan fingerprint density at radius 1 is 1.65 bits per heavy atom. The molecule has 1 fully saturated rings. The van der Waals surface area contributed by atoms with E-state index in [4.69, 9.17) is 0 Å². The number of carbonyl (C=O) groups excluding carboxylic acids is 1. The van der Waals surface area contributed by atoms with Crippen molar-refractivity contribution in [3.8, 4) is 0 Å². The monoisotopic (exact) mass is 317 g/mol. The highest BCUT2D eigenvalue weighted by atomic mass is 79.9. The van der Waals surface area contributed by atoms with E-state index in [1.807, 2.05) is 11.4 Å². The second kappa shape index (κ2) is 4.78. The average molecular weight is 318 g/mol. The van der Waals surface area contributed by atoms with Crippen LogP contribution in [0.1, 0.15) is 23.8 Å². The number of hydrogen-bond acceptors (Lipinski definition) is 3. The van der Waals surface area contributed by atoms with Crippen molar-refractivity contribution in [3.05, 3.63) is 20.8 Å². The van der Waals surface area contributed by atoms with Gasteiger partial charge in [0.05, 0.1) is 12.0 Å². The molecule has 92 valence electrons. The van der Waals surface area contributed by atoms with E-state index in [-0.39, 0.29) is 11.9 Å². The minimum Gasteiger partial charge on any atom is -0.481 e. The first-order valence-corrected chi connectivity index (χ1v) is 6.91. The molecule has 2 heterocycles.